The quantitative estimate of drug-likeness (QED) is 0.726. The zero-order chi connectivity index (χ0) is 13.9. The maximum atomic E-state index is 11.6. The summed E-state index contributed by atoms with van der Waals surface area (Å²) in [4.78, 5) is 22.6. The molecular weight excluding hydrogens is 232 g/mol. The lowest BCUT2D eigenvalue weighted by molar-refractivity contribution is -0.237. The van der Waals surface area contributed by atoms with Crippen molar-refractivity contribution in [2.75, 3.05) is 0 Å². The van der Waals surface area contributed by atoms with Crippen LogP contribution in [0.5, 0.6) is 0 Å². The molecule has 3 atom stereocenters. The van der Waals surface area contributed by atoms with E-state index in [0.29, 0.717) is 25.2 Å². The smallest absolute Gasteiger partial charge is 0.304 e. The van der Waals surface area contributed by atoms with Gasteiger partial charge in [-0.2, -0.15) is 0 Å². The fraction of sp³-hybridized carbons (Fsp3) is 0.857. The van der Waals surface area contributed by atoms with Crippen LogP contribution in [0, 0.1) is 11.3 Å². The van der Waals surface area contributed by atoms with E-state index in [-0.39, 0.29) is 23.3 Å². The number of hydrogen-bond donors (Lipinski definition) is 0. The van der Waals surface area contributed by atoms with Gasteiger partial charge in [0.1, 0.15) is 5.78 Å². The second-order valence-electron chi connectivity index (χ2n) is 5.72. The molecule has 104 valence electrons. The number of ether oxygens (including phenoxy) is 2. The highest BCUT2D eigenvalue weighted by Crippen LogP contribution is 2.42. The lowest BCUT2D eigenvalue weighted by Crippen LogP contribution is -2.48. The lowest BCUT2D eigenvalue weighted by atomic mass is 9.70. The maximum absolute atomic E-state index is 11.6. The molecule has 1 heterocycles. The third-order valence-corrected chi connectivity index (χ3v) is 4.07. The Labute approximate surface area is 109 Å². The van der Waals surface area contributed by atoms with Crippen LogP contribution in [0.2, 0.25) is 0 Å². The molecule has 4 nitrogen and oxygen atoms in total. The van der Waals surface area contributed by atoms with Crippen LogP contribution in [0.4, 0.5) is 0 Å². The number of hydrogen-bond acceptors (Lipinski definition) is 4. The molecule has 1 fully saturated rings. The summed E-state index contributed by atoms with van der Waals surface area (Å²) < 4.78 is 10.9. The van der Waals surface area contributed by atoms with Gasteiger partial charge >= 0.3 is 5.97 Å². The average Bonchev–Trinajstić information content (AvgIpc) is 2.24. The Morgan fingerprint density at radius 1 is 1.39 bits per heavy atom. The predicted octanol–water partition coefficient (Wildman–Crippen LogP) is 2.70. The maximum Gasteiger partial charge on any atom is 0.304 e. The first-order chi connectivity index (χ1) is 8.27. The Kier molecular flexibility index (Phi) is 4.91. The fourth-order valence-corrected chi connectivity index (χ4v) is 2.25. The summed E-state index contributed by atoms with van der Waals surface area (Å²) in [7, 11) is 0. The summed E-state index contributed by atoms with van der Waals surface area (Å²) in [6.07, 6.45) is 0.899. The second kappa shape index (κ2) is 5.83. The number of Topliss-reactive ketones (excluding diaryl/α,β-unsaturated/α-hetero) is 1. The highest BCUT2D eigenvalue weighted by atomic mass is 16.7. The minimum Gasteiger partial charge on any atom is -0.436 e. The van der Waals surface area contributed by atoms with Crippen LogP contribution in [0.3, 0.4) is 0 Å². The molecule has 0 amide bonds. The third kappa shape index (κ3) is 3.55. The summed E-state index contributed by atoms with van der Waals surface area (Å²) in [6, 6.07) is 0. The summed E-state index contributed by atoms with van der Waals surface area (Å²) in [6.45, 7) is 9.55. The van der Waals surface area contributed by atoms with Crippen molar-refractivity contribution in [3.05, 3.63) is 0 Å². The molecule has 0 saturated carbocycles. The molecule has 1 aliphatic rings. The standard InChI is InChI=1S/C14H24O4/c1-6-11(16)8-12-14(4,5)9(2)7-13(18-12)17-10(3)15/h9,12-13H,6-8H2,1-5H3/t9-,12?,13?/m1/s1. The van der Waals surface area contributed by atoms with Crippen molar-refractivity contribution < 1.29 is 19.1 Å². The van der Waals surface area contributed by atoms with Crippen molar-refractivity contribution in [1.29, 1.82) is 0 Å². The van der Waals surface area contributed by atoms with E-state index in [4.69, 9.17) is 9.47 Å². The van der Waals surface area contributed by atoms with Crippen molar-refractivity contribution in [3.8, 4) is 0 Å². The Bertz CT molecular complexity index is 322. The molecule has 0 radical (unpaired) electrons. The van der Waals surface area contributed by atoms with Crippen LogP contribution in [-0.4, -0.2) is 24.1 Å². The molecule has 2 unspecified atom stereocenters. The number of esters is 1. The predicted molar refractivity (Wildman–Crippen MR) is 67.9 cm³/mol. The van der Waals surface area contributed by atoms with Gasteiger partial charge in [0.15, 0.2) is 0 Å². The fourth-order valence-electron chi connectivity index (χ4n) is 2.25. The van der Waals surface area contributed by atoms with Gasteiger partial charge < -0.3 is 9.47 Å². The van der Waals surface area contributed by atoms with Gasteiger partial charge in [-0.1, -0.05) is 27.7 Å². The molecule has 0 aromatic carbocycles. The number of rotatable bonds is 4. The highest BCUT2D eigenvalue weighted by Gasteiger charge is 2.44. The van der Waals surface area contributed by atoms with Crippen molar-refractivity contribution in [1.82, 2.24) is 0 Å². The molecule has 1 saturated heterocycles. The first-order valence-electron chi connectivity index (χ1n) is 6.61. The molecule has 1 rings (SSSR count). The van der Waals surface area contributed by atoms with Crippen molar-refractivity contribution in [3.63, 3.8) is 0 Å². The van der Waals surface area contributed by atoms with E-state index in [0.717, 1.165) is 0 Å². The van der Waals surface area contributed by atoms with E-state index in [2.05, 4.69) is 20.8 Å². The van der Waals surface area contributed by atoms with E-state index < -0.39 is 6.29 Å². The Hall–Kier alpha value is -0.900. The van der Waals surface area contributed by atoms with Gasteiger partial charge in [-0.3, -0.25) is 9.59 Å². The average molecular weight is 256 g/mol. The third-order valence-electron chi connectivity index (χ3n) is 4.07. The minimum absolute atomic E-state index is 0.0819. The van der Waals surface area contributed by atoms with E-state index in [1.54, 1.807) is 0 Å². The summed E-state index contributed by atoms with van der Waals surface area (Å²) in [5, 5.41) is 0. The van der Waals surface area contributed by atoms with E-state index in [1.807, 2.05) is 6.92 Å². The Morgan fingerprint density at radius 2 is 2.00 bits per heavy atom. The number of carbonyl (C=O) groups is 2. The normalized spacial score (nSPS) is 30.8. The Morgan fingerprint density at radius 3 is 2.50 bits per heavy atom. The van der Waals surface area contributed by atoms with Gasteiger partial charge in [-0.25, -0.2) is 0 Å². The van der Waals surface area contributed by atoms with Gasteiger partial charge in [-0.05, 0) is 11.3 Å². The SMILES string of the molecule is CCC(=O)CC1OC(OC(C)=O)C[C@@H](C)C1(C)C. The van der Waals surface area contributed by atoms with Crippen molar-refractivity contribution in [2.45, 2.75) is 66.3 Å². The van der Waals surface area contributed by atoms with Crippen LogP contribution in [-0.2, 0) is 19.1 Å². The van der Waals surface area contributed by atoms with Crippen molar-refractivity contribution in [2.24, 2.45) is 11.3 Å². The van der Waals surface area contributed by atoms with Crippen molar-refractivity contribution >= 4 is 11.8 Å². The minimum atomic E-state index is -0.514. The largest absolute Gasteiger partial charge is 0.436 e. The van der Waals surface area contributed by atoms with Gasteiger partial charge in [0.25, 0.3) is 0 Å². The first kappa shape index (κ1) is 15.2. The van der Waals surface area contributed by atoms with Gasteiger partial charge in [0, 0.05) is 26.2 Å². The molecule has 0 aromatic heterocycles. The molecule has 18 heavy (non-hydrogen) atoms. The summed E-state index contributed by atoms with van der Waals surface area (Å²) in [5.74, 6) is 0.182. The van der Waals surface area contributed by atoms with Crippen LogP contribution >= 0.6 is 0 Å². The van der Waals surface area contributed by atoms with Crippen LogP contribution in [0.1, 0.15) is 53.9 Å². The molecule has 1 aliphatic heterocycles. The molecule has 0 spiro atoms. The van der Waals surface area contributed by atoms with E-state index in [9.17, 15) is 9.59 Å². The van der Waals surface area contributed by atoms with E-state index in [1.165, 1.54) is 6.92 Å². The highest BCUT2D eigenvalue weighted by molar-refractivity contribution is 5.78. The molecule has 0 aliphatic carbocycles. The van der Waals surface area contributed by atoms with Crippen LogP contribution < -0.4 is 0 Å². The first-order valence-corrected chi connectivity index (χ1v) is 6.61. The number of ketones is 1. The van der Waals surface area contributed by atoms with Gasteiger partial charge in [0.05, 0.1) is 6.10 Å². The summed E-state index contributed by atoms with van der Waals surface area (Å²) >= 11 is 0. The zero-order valence-electron chi connectivity index (χ0n) is 12.0. The molecular formula is C14H24O4. The lowest BCUT2D eigenvalue weighted by Gasteiger charge is -2.46. The molecule has 0 N–H and O–H groups in total. The topological polar surface area (TPSA) is 52.6 Å². The van der Waals surface area contributed by atoms with Gasteiger partial charge in [0.2, 0.25) is 6.29 Å². The van der Waals surface area contributed by atoms with E-state index >= 15 is 0 Å². The monoisotopic (exact) mass is 256 g/mol. The number of carbonyl (C=O) groups excluding carboxylic acids is 2. The summed E-state index contributed by atoms with van der Waals surface area (Å²) in [5.41, 5.74) is -0.0819. The van der Waals surface area contributed by atoms with Gasteiger partial charge in [-0.15, -0.1) is 0 Å². The molecule has 0 bridgehead atoms. The van der Waals surface area contributed by atoms with Crippen LogP contribution in [0.15, 0.2) is 0 Å². The van der Waals surface area contributed by atoms with Crippen LogP contribution in [0.25, 0.3) is 0 Å². The molecule has 0 aromatic rings. The second-order valence-corrected chi connectivity index (χ2v) is 5.72. The zero-order valence-corrected chi connectivity index (χ0v) is 12.0. The molecule has 4 heteroatoms. The Balaban J connectivity index is 2.76.